The van der Waals surface area contributed by atoms with Crippen molar-refractivity contribution in [1.29, 1.82) is 0 Å². The van der Waals surface area contributed by atoms with Crippen molar-refractivity contribution in [2.24, 2.45) is 0 Å². The molecule has 0 bridgehead atoms. The van der Waals surface area contributed by atoms with E-state index in [1.807, 2.05) is 12.1 Å². The highest BCUT2D eigenvalue weighted by atomic mass is 32.1. The SMILES string of the molecule is COCc1nn2c(CO)c(-c3cccnc3)nc2s1. The maximum Gasteiger partial charge on any atom is 0.213 e. The third kappa shape index (κ3) is 2.12. The molecule has 7 heteroatoms. The van der Waals surface area contributed by atoms with Gasteiger partial charge in [-0.05, 0) is 12.1 Å². The van der Waals surface area contributed by atoms with Gasteiger partial charge in [-0.2, -0.15) is 5.10 Å². The summed E-state index contributed by atoms with van der Waals surface area (Å²) in [6.07, 6.45) is 3.43. The zero-order chi connectivity index (χ0) is 13.2. The molecule has 0 saturated heterocycles. The van der Waals surface area contributed by atoms with Gasteiger partial charge in [0.05, 0.1) is 24.6 Å². The molecule has 0 spiro atoms. The molecule has 0 amide bonds. The smallest absolute Gasteiger partial charge is 0.213 e. The van der Waals surface area contributed by atoms with Crippen LogP contribution >= 0.6 is 11.3 Å². The van der Waals surface area contributed by atoms with Crippen LogP contribution in [0.3, 0.4) is 0 Å². The van der Waals surface area contributed by atoms with Crippen LogP contribution in [-0.4, -0.2) is 31.8 Å². The lowest BCUT2D eigenvalue weighted by Crippen LogP contribution is -1.97. The van der Waals surface area contributed by atoms with Crippen LogP contribution in [0.15, 0.2) is 24.5 Å². The highest BCUT2D eigenvalue weighted by Gasteiger charge is 2.17. The van der Waals surface area contributed by atoms with Gasteiger partial charge in [0.1, 0.15) is 5.01 Å². The molecule has 0 radical (unpaired) electrons. The Morgan fingerprint density at radius 3 is 3.05 bits per heavy atom. The van der Waals surface area contributed by atoms with Crippen molar-refractivity contribution in [2.75, 3.05) is 7.11 Å². The fourth-order valence-corrected chi connectivity index (χ4v) is 2.77. The van der Waals surface area contributed by atoms with Crippen LogP contribution in [-0.2, 0) is 18.0 Å². The molecule has 3 aromatic heterocycles. The number of hydrogen-bond donors (Lipinski definition) is 1. The number of aliphatic hydroxyl groups is 1. The summed E-state index contributed by atoms with van der Waals surface area (Å²) in [7, 11) is 1.62. The Labute approximate surface area is 113 Å². The Balaban J connectivity index is 2.13. The van der Waals surface area contributed by atoms with E-state index in [-0.39, 0.29) is 6.61 Å². The van der Waals surface area contributed by atoms with Gasteiger partial charge in [0.15, 0.2) is 0 Å². The molecule has 0 fully saturated rings. The summed E-state index contributed by atoms with van der Waals surface area (Å²) in [4.78, 5) is 9.34. The molecule has 0 atom stereocenters. The molecule has 0 aliphatic rings. The quantitative estimate of drug-likeness (QED) is 0.781. The minimum absolute atomic E-state index is 0.123. The Morgan fingerprint density at radius 2 is 2.37 bits per heavy atom. The number of aromatic nitrogens is 4. The largest absolute Gasteiger partial charge is 0.390 e. The molecular formula is C12H12N4O2S. The Hall–Kier alpha value is -1.83. The second-order valence-corrected chi connectivity index (χ2v) is 4.97. The average molecular weight is 276 g/mol. The predicted molar refractivity (Wildman–Crippen MR) is 70.7 cm³/mol. The number of ether oxygens (including phenoxy) is 1. The Bertz CT molecular complexity index is 692. The van der Waals surface area contributed by atoms with Gasteiger partial charge in [-0.25, -0.2) is 9.50 Å². The molecule has 6 nitrogen and oxygen atoms in total. The molecular weight excluding hydrogens is 264 g/mol. The van der Waals surface area contributed by atoms with Crippen LogP contribution in [0.1, 0.15) is 10.7 Å². The molecule has 3 heterocycles. The monoisotopic (exact) mass is 276 g/mol. The van der Waals surface area contributed by atoms with Crippen molar-refractivity contribution in [1.82, 2.24) is 19.6 Å². The number of methoxy groups -OCH3 is 1. The van der Waals surface area contributed by atoms with Gasteiger partial charge in [0.2, 0.25) is 4.96 Å². The summed E-state index contributed by atoms with van der Waals surface area (Å²) in [5.41, 5.74) is 2.26. The van der Waals surface area contributed by atoms with Crippen LogP contribution in [0.5, 0.6) is 0 Å². The first kappa shape index (κ1) is 12.2. The van der Waals surface area contributed by atoms with Gasteiger partial charge in [-0.3, -0.25) is 4.98 Å². The summed E-state index contributed by atoms with van der Waals surface area (Å²) in [6, 6.07) is 3.75. The van der Waals surface area contributed by atoms with E-state index in [9.17, 15) is 5.11 Å². The summed E-state index contributed by atoms with van der Waals surface area (Å²) >= 11 is 1.45. The number of aliphatic hydroxyl groups excluding tert-OH is 1. The van der Waals surface area contributed by atoms with Crippen LogP contribution in [0.25, 0.3) is 16.2 Å². The van der Waals surface area contributed by atoms with Crippen LogP contribution < -0.4 is 0 Å². The lowest BCUT2D eigenvalue weighted by Gasteiger charge is -1.99. The molecule has 98 valence electrons. The summed E-state index contributed by atoms with van der Waals surface area (Å²) in [5, 5.41) is 14.8. The lowest BCUT2D eigenvalue weighted by molar-refractivity contribution is 0.183. The molecule has 0 aliphatic heterocycles. The number of imidazole rings is 1. The van der Waals surface area contributed by atoms with E-state index in [4.69, 9.17) is 4.74 Å². The molecule has 0 saturated carbocycles. The van der Waals surface area contributed by atoms with Crippen molar-refractivity contribution in [3.05, 3.63) is 35.2 Å². The van der Waals surface area contributed by atoms with E-state index in [0.29, 0.717) is 12.3 Å². The fraction of sp³-hybridized carbons (Fsp3) is 0.250. The summed E-state index contributed by atoms with van der Waals surface area (Å²) < 4.78 is 6.72. The van der Waals surface area contributed by atoms with E-state index in [1.165, 1.54) is 11.3 Å². The van der Waals surface area contributed by atoms with Crippen molar-refractivity contribution < 1.29 is 9.84 Å². The highest BCUT2D eigenvalue weighted by Crippen LogP contribution is 2.26. The van der Waals surface area contributed by atoms with Crippen LogP contribution in [0.4, 0.5) is 0 Å². The highest BCUT2D eigenvalue weighted by molar-refractivity contribution is 7.16. The zero-order valence-corrected chi connectivity index (χ0v) is 11.1. The standard InChI is InChI=1S/C12H12N4O2S/c1-18-7-10-15-16-9(6-17)11(14-12(16)19-10)8-3-2-4-13-5-8/h2-5,17H,6-7H2,1H3. The van der Waals surface area contributed by atoms with Crippen molar-refractivity contribution in [3.8, 4) is 11.3 Å². The molecule has 0 aliphatic carbocycles. The minimum Gasteiger partial charge on any atom is -0.390 e. The predicted octanol–water partition coefficient (Wildman–Crippen LogP) is 1.49. The van der Waals surface area contributed by atoms with Crippen molar-refractivity contribution in [3.63, 3.8) is 0 Å². The third-order valence-electron chi connectivity index (χ3n) is 2.69. The van der Waals surface area contributed by atoms with Gasteiger partial charge in [0.25, 0.3) is 0 Å². The fourth-order valence-electron chi connectivity index (χ4n) is 1.89. The maximum absolute atomic E-state index is 9.56. The first-order valence-electron chi connectivity index (χ1n) is 5.71. The normalized spacial score (nSPS) is 11.3. The molecule has 0 aromatic carbocycles. The Morgan fingerprint density at radius 1 is 1.47 bits per heavy atom. The van der Waals surface area contributed by atoms with Crippen molar-refractivity contribution in [2.45, 2.75) is 13.2 Å². The second-order valence-electron chi connectivity index (χ2n) is 3.93. The Kier molecular flexibility index (Phi) is 3.24. The van der Waals surface area contributed by atoms with Gasteiger partial charge in [-0.15, -0.1) is 0 Å². The first-order valence-corrected chi connectivity index (χ1v) is 6.52. The molecule has 0 unspecified atom stereocenters. The molecule has 3 rings (SSSR count). The van der Waals surface area contributed by atoms with Crippen LogP contribution in [0.2, 0.25) is 0 Å². The topological polar surface area (TPSA) is 72.5 Å². The van der Waals surface area contributed by atoms with Gasteiger partial charge in [0, 0.05) is 25.1 Å². The number of rotatable bonds is 4. The van der Waals surface area contributed by atoms with Crippen LogP contribution in [0, 0.1) is 0 Å². The second kappa shape index (κ2) is 5.04. The van der Waals surface area contributed by atoms with E-state index in [1.54, 1.807) is 24.0 Å². The minimum atomic E-state index is -0.123. The summed E-state index contributed by atoms with van der Waals surface area (Å²) in [5.74, 6) is 0. The van der Waals surface area contributed by atoms with Gasteiger partial charge in [-0.1, -0.05) is 11.3 Å². The maximum atomic E-state index is 9.56. The van der Waals surface area contributed by atoms with E-state index >= 15 is 0 Å². The lowest BCUT2D eigenvalue weighted by atomic mass is 10.2. The number of fused-ring (bicyclic) bond motifs is 1. The van der Waals surface area contributed by atoms with E-state index in [2.05, 4.69) is 15.1 Å². The number of pyridine rings is 1. The third-order valence-corrected chi connectivity index (χ3v) is 3.57. The molecule has 1 N–H and O–H groups in total. The summed E-state index contributed by atoms with van der Waals surface area (Å²) in [6.45, 7) is 0.322. The van der Waals surface area contributed by atoms with Gasteiger partial charge < -0.3 is 9.84 Å². The molecule has 3 aromatic rings. The average Bonchev–Trinajstić information content (AvgIpc) is 2.96. The zero-order valence-electron chi connectivity index (χ0n) is 10.3. The van der Waals surface area contributed by atoms with Gasteiger partial charge >= 0.3 is 0 Å². The first-order chi connectivity index (χ1) is 9.33. The number of nitrogens with zero attached hydrogens (tertiary/aromatic N) is 4. The van der Waals surface area contributed by atoms with Crippen molar-refractivity contribution >= 4 is 16.3 Å². The van der Waals surface area contributed by atoms with E-state index < -0.39 is 0 Å². The van der Waals surface area contributed by atoms with E-state index in [0.717, 1.165) is 21.2 Å². The molecule has 19 heavy (non-hydrogen) atoms. The number of hydrogen-bond acceptors (Lipinski definition) is 6.